The molecule has 0 bridgehead atoms. The highest BCUT2D eigenvalue weighted by Gasteiger charge is 1.93. The Bertz CT molecular complexity index is 362. The molecule has 0 aromatic carbocycles. The Morgan fingerprint density at radius 2 is 1.27 bits per heavy atom. The van der Waals surface area contributed by atoms with Crippen molar-refractivity contribution in [3.8, 4) is 0 Å². The number of carboxylic acid groups (broad SMARTS) is 1. The summed E-state index contributed by atoms with van der Waals surface area (Å²) in [5.41, 5.74) is 0. The van der Waals surface area contributed by atoms with E-state index in [0.29, 0.717) is 0 Å². The van der Waals surface area contributed by atoms with E-state index in [4.69, 9.17) is 5.11 Å². The molecule has 1 N–H and O–H groups in total. The van der Waals surface area contributed by atoms with Gasteiger partial charge in [-0.05, 0) is 44.9 Å². The summed E-state index contributed by atoms with van der Waals surface area (Å²) in [7, 11) is 0. The Labute approximate surface area is 136 Å². The van der Waals surface area contributed by atoms with Crippen LogP contribution in [0.2, 0.25) is 0 Å². The Kier molecular flexibility index (Phi) is 16.2. The molecule has 0 radical (unpaired) electrons. The normalized spacial score (nSPS) is 12.4. The predicted octanol–water partition coefficient (Wildman–Crippen LogP) is 6.22. The van der Waals surface area contributed by atoms with Gasteiger partial charge in [-0.25, -0.2) is 0 Å². The number of hydrogen-bond acceptors (Lipinski definition) is 1. The van der Waals surface area contributed by atoms with Crippen LogP contribution in [0.5, 0.6) is 0 Å². The molecule has 0 aliphatic heterocycles. The molecule has 0 spiro atoms. The first kappa shape index (κ1) is 20.4. The van der Waals surface area contributed by atoms with Crippen LogP contribution in [0.4, 0.5) is 0 Å². The van der Waals surface area contributed by atoms with E-state index in [2.05, 4.69) is 37.3 Å². The van der Waals surface area contributed by atoms with E-state index in [-0.39, 0.29) is 6.42 Å². The molecule has 0 rings (SSSR count). The van der Waals surface area contributed by atoms with Crippen molar-refractivity contribution in [1.29, 1.82) is 0 Å². The van der Waals surface area contributed by atoms with Gasteiger partial charge in [0.2, 0.25) is 0 Å². The number of rotatable bonds is 14. The van der Waals surface area contributed by atoms with E-state index in [9.17, 15) is 4.79 Å². The van der Waals surface area contributed by atoms with Crippen LogP contribution < -0.4 is 0 Å². The van der Waals surface area contributed by atoms with Crippen molar-refractivity contribution in [3.63, 3.8) is 0 Å². The van der Waals surface area contributed by atoms with E-state index in [0.717, 1.165) is 32.1 Å². The SMILES string of the molecule is CCCCC/C=C\CC/C=C/C=C/C=C\CCCCC(=O)O. The molecule has 0 aromatic heterocycles. The molecular weight excluding hydrogens is 272 g/mol. The van der Waals surface area contributed by atoms with Gasteiger partial charge in [0.25, 0.3) is 0 Å². The van der Waals surface area contributed by atoms with E-state index in [1.54, 1.807) is 0 Å². The maximum absolute atomic E-state index is 10.3. The van der Waals surface area contributed by atoms with Gasteiger partial charge in [0, 0.05) is 6.42 Å². The molecule has 0 saturated carbocycles. The van der Waals surface area contributed by atoms with Crippen LogP contribution in [0.15, 0.2) is 48.6 Å². The first-order valence-electron chi connectivity index (χ1n) is 8.62. The molecule has 0 amide bonds. The fourth-order valence-corrected chi connectivity index (χ4v) is 1.96. The first-order valence-corrected chi connectivity index (χ1v) is 8.62. The van der Waals surface area contributed by atoms with Crippen LogP contribution in [-0.4, -0.2) is 11.1 Å². The third-order valence-electron chi connectivity index (χ3n) is 3.26. The van der Waals surface area contributed by atoms with Gasteiger partial charge in [-0.1, -0.05) is 68.4 Å². The molecule has 0 heterocycles. The molecule has 0 aliphatic rings. The molecule has 0 aliphatic carbocycles. The van der Waals surface area contributed by atoms with Crippen molar-refractivity contribution in [1.82, 2.24) is 0 Å². The summed E-state index contributed by atoms with van der Waals surface area (Å²) in [4.78, 5) is 10.3. The van der Waals surface area contributed by atoms with Crippen molar-refractivity contribution in [2.24, 2.45) is 0 Å². The minimum Gasteiger partial charge on any atom is -0.481 e. The monoisotopic (exact) mass is 304 g/mol. The lowest BCUT2D eigenvalue weighted by Crippen LogP contribution is -1.92. The molecule has 2 heteroatoms. The molecular formula is C20H32O2. The van der Waals surface area contributed by atoms with Gasteiger partial charge < -0.3 is 5.11 Å². The van der Waals surface area contributed by atoms with Crippen molar-refractivity contribution in [3.05, 3.63) is 48.6 Å². The molecule has 22 heavy (non-hydrogen) atoms. The van der Waals surface area contributed by atoms with Gasteiger partial charge in [-0.15, -0.1) is 0 Å². The predicted molar refractivity (Wildman–Crippen MR) is 96.0 cm³/mol. The highest BCUT2D eigenvalue weighted by Crippen LogP contribution is 2.02. The minimum atomic E-state index is -0.704. The maximum Gasteiger partial charge on any atom is 0.303 e. The Hall–Kier alpha value is -1.57. The van der Waals surface area contributed by atoms with Crippen molar-refractivity contribution < 1.29 is 9.90 Å². The van der Waals surface area contributed by atoms with Crippen LogP contribution in [0.25, 0.3) is 0 Å². The van der Waals surface area contributed by atoms with Gasteiger partial charge in [0.05, 0.1) is 0 Å². The first-order chi connectivity index (χ1) is 10.8. The second kappa shape index (κ2) is 17.5. The molecule has 0 unspecified atom stereocenters. The zero-order valence-corrected chi connectivity index (χ0v) is 14.0. The summed E-state index contributed by atoms with van der Waals surface area (Å²) >= 11 is 0. The van der Waals surface area contributed by atoms with Gasteiger partial charge in [-0.2, -0.15) is 0 Å². The van der Waals surface area contributed by atoms with Gasteiger partial charge in [0.15, 0.2) is 0 Å². The highest BCUT2D eigenvalue weighted by molar-refractivity contribution is 5.66. The molecule has 124 valence electrons. The van der Waals surface area contributed by atoms with Gasteiger partial charge in [0.1, 0.15) is 0 Å². The van der Waals surface area contributed by atoms with Crippen LogP contribution in [-0.2, 0) is 4.79 Å². The van der Waals surface area contributed by atoms with E-state index in [1.165, 1.54) is 25.7 Å². The fourth-order valence-electron chi connectivity index (χ4n) is 1.96. The number of hydrogen-bond donors (Lipinski definition) is 1. The quantitative estimate of drug-likeness (QED) is 0.235. The summed E-state index contributed by atoms with van der Waals surface area (Å²) in [6.07, 6.45) is 27.3. The lowest BCUT2D eigenvalue weighted by molar-refractivity contribution is -0.137. The fraction of sp³-hybridized carbons (Fsp3) is 0.550. The smallest absolute Gasteiger partial charge is 0.303 e. The lowest BCUT2D eigenvalue weighted by Gasteiger charge is -1.92. The standard InChI is InChI=1S/C20H32O2/c1-2-3-4-5-6-7-8-9-10-11-12-13-14-15-16-17-18-19-20(21)22/h6-7,10-15H,2-5,8-9,16-19H2,1H3,(H,21,22)/b7-6-,11-10+,13-12+,15-14-. The topological polar surface area (TPSA) is 37.3 Å². The van der Waals surface area contributed by atoms with Crippen molar-refractivity contribution >= 4 is 5.97 Å². The molecule has 0 saturated heterocycles. The van der Waals surface area contributed by atoms with Crippen molar-refractivity contribution in [2.75, 3.05) is 0 Å². The van der Waals surface area contributed by atoms with Gasteiger partial charge in [-0.3, -0.25) is 4.79 Å². The average Bonchev–Trinajstić information content (AvgIpc) is 2.50. The van der Waals surface area contributed by atoms with Crippen LogP contribution in [0, 0.1) is 0 Å². The van der Waals surface area contributed by atoms with Crippen LogP contribution >= 0.6 is 0 Å². The molecule has 0 atom stereocenters. The van der Waals surface area contributed by atoms with E-state index < -0.39 is 5.97 Å². The van der Waals surface area contributed by atoms with Crippen LogP contribution in [0.3, 0.4) is 0 Å². The number of carboxylic acids is 1. The summed E-state index contributed by atoms with van der Waals surface area (Å²) in [6.45, 7) is 2.23. The minimum absolute atomic E-state index is 0.277. The summed E-state index contributed by atoms with van der Waals surface area (Å²) in [5.74, 6) is -0.704. The molecule has 2 nitrogen and oxygen atoms in total. The number of unbranched alkanes of at least 4 members (excludes halogenated alkanes) is 6. The Morgan fingerprint density at radius 1 is 0.727 bits per heavy atom. The second-order valence-corrected chi connectivity index (χ2v) is 5.43. The Morgan fingerprint density at radius 3 is 1.95 bits per heavy atom. The zero-order valence-electron chi connectivity index (χ0n) is 14.0. The largest absolute Gasteiger partial charge is 0.481 e. The maximum atomic E-state index is 10.3. The number of allylic oxidation sites excluding steroid dienone is 8. The average molecular weight is 304 g/mol. The van der Waals surface area contributed by atoms with Gasteiger partial charge >= 0.3 is 5.97 Å². The second-order valence-electron chi connectivity index (χ2n) is 5.43. The summed E-state index contributed by atoms with van der Waals surface area (Å²) < 4.78 is 0. The summed E-state index contributed by atoms with van der Waals surface area (Å²) in [5, 5.41) is 8.50. The van der Waals surface area contributed by atoms with E-state index in [1.807, 2.05) is 18.2 Å². The van der Waals surface area contributed by atoms with E-state index >= 15 is 0 Å². The highest BCUT2D eigenvalue weighted by atomic mass is 16.4. The third-order valence-corrected chi connectivity index (χ3v) is 3.26. The number of aliphatic carboxylic acids is 1. The van der Waals surface area contributed by atoms with Crippen LogP contribution in [0.1, 0.15) is 71.1 Å². The van der Waals surface area contributed by atoms with Crippen molar-refractivity contribution in [2.45, 2.75) is 71.1 Å². The zero-order chi connectivity index (χ0) is 16.3. The lowest BCUT2D eigenvalue weighted by atomic mass is 10.2. The third kappa shape index (κ3) is 18.4. The molecule has 0 aromatic rings. The summed E-state index contributed by atoms with van der Waals surface area (Å²) in [6, 6.07) is 0. The molecule has 0 fully saturated rings. The Balaban J connectivity index is 3.42. The number of carbonyl (C=O) groups is 1.